The van der Waals surface area contributed by atoms with Crippen molar-refractivity contribution >= 4 is 46.7 Å². The molecule has 1 saturated carbocycles. The molecule has 2 aromatic rings. The lowest BCUT2D eigenvalue weighted by Crippen LogP contribution is -2.20. The molecule has 0 spiro atoms. The Kier molecular flexibility index (Phi) is 7.09. The average Bonchev–Trinajstić information content (AvgIpc) is 3.35. The van der Waals surface area contributed by atoms with Gasteiger partial charge in [-0.2, -0.15) is 17.6 Å². The molecule has 10 heteroatoms. The zero-order chi connectivity index (χ0) is 21.8. The Hall–Kier alpha value is -2.46. The van der Waals surface area contributed by atoms with Crippen LogP contribution in [0.2, 0.25) is 0 Å². The molecule has 0 aromatic heterocycles. The van der Waals surface area contributed by atoms with E-state index in [2.05, 4.69) is 17.2 Å². The first kappa shape index (κ1) is 22.2. The highest BCUT2D eigenvalue weighted by atomic mass is 32.2. The molecule has 1 aliphatic rings. The van der Waals surface area contributed by atoms with Crippen molar-refractivity contribution in [1.82, 2.24) is 0 Å². The number of benzene rings is 2. The maximum Gasteiger partial charge on any atom is 0.288 e. The fourth-order valence-corrected chi connectivity index (χ4v) is 3.83. The largest absolute Gasteiger partial charge is 0.326 e. The van der Waals surface area contributed by atoms with Crippen LogP contribution in [0.4, 0.5) is 28.9 Å². The number of rotatable bonds is 8. The predicted octanol–water partition coefficient (Wildman–Crippen LogP) is 5.70. The molecule has 158 valence electrons. The van der Waals surface area contributed by atoms with Gasteiger partial charge in [0.2, 0.25) is 11.8 Å². The number of hydrogen-bond donors (Lipinski definition) is 2. The molecule has 3 rings (SSSR count). The zero-order valence-electron chi connectivity index (χ0n) is 15.3. The van der Waals surface area contributed by atoms with E-state index in [1.54, 1.807) is 0 Å². The Balaban J connectivity index is 1.54. The van der Waals surface area contributed by atoms with Crippen molar-refractivity contribution in [3.63, 3.8) is 0 Å². The second kappa shape index (κ2) is 9.57. The minimum absolute atomic E-state index is 0.369. The maximum absolute atomic E-state index is 12.4. The van der Waals surface area contributed by atoms with E-state index in [-0.39, 0.29) is 0 Å². The second-order valence-corrected chi connectivity index (χ2v) is 8.44. The van der Waals surface area contributed by atoms with Gasteiger partial charge in [0.15, 0.2) is 0 Å². The van der Waals surface area contributed by atoms with Gasteiger partial charge in [-0.05, 0) is 48.5 Å². The highest BCUT2D eigenvalue weighted by Gasteiger charge is 2.52. The number of amides is 2. The van der Waals surface area contributed by atoms with Crippen LogP contribution in [0.3, 0.4) is 0 Å². The molecular weight excluding hydrogens is 440 g/mol. The van der Waals surface area contributed by atoms with E-state index in [0.29, 0.717) is 50.3 Å². The second-order valence-electron chi connectivity index (χ2n) is 6.31. The lowest BCUT2D eigenvalue weighted by Gasteiger charge is -2.07. The van der Waals surface area contributed by atoms with Gasteiger partial charge >= 0.3 is 0 Å². The smallest absolute Gasteiger partial charge is 0.288 e. The summed E-state index contributed by atoms with van der Waals surface area (Å²) in [5.74, 6) is -7.30. The van der Waals surface area contributed by atoms with Gasteiger partial charge in [0.05, 0.1) is 11.8 Å². The number of alkyl halides is 4. The first-order valence-corrected chi connectivity index (χ1v) is 10.4. The highest BCUT2D eigenvalue weighted by molar-refractivity contribution is 7.99. The Labute approximate surface area is 178 Å². The van der Waals surface area contributed by atoms with E-state index < -0.39 is 35.2 Å². The predicted molar refractivity (Wildman–Crippen MR) is 110 cm³/mol. The summed E-state index contributed by atoms with van der Waals surface area (Å²) < 4.78 is 49.4. The summed E-state index contributed by atoms with van der Waals surface area (Å²) in [7, 11) is 0. The molecule has 4 nitrogen and oxygen atoms in total. The van der Waals surface area contributed by atoms with E-state index in [1.165, 1.54) is 48.5 Å². The molecule has 1 fully saturated rings. The average molecular weight is 456 g/mol. The number of anilines is 2. The van der Waals surface area contributed by atoms with Crippen LogP contribution in [-0.4, -0.2) is 23.3 Å². The monoisotopic (exact) mass is 456 g/mol. The van der Waals surface area contributed by atoms with Crippen molar-refractivity contribution in [1.29, 1.82) is 0 Å². The van der Waals surface area contributed by atoms with Gasteiger partial charge < -0.3 is 10.6 Å². The highest BCUT2D eigenvalue weighted by Crippen LogP contribution is 2.45. The molecule has 0 bridgehead atoms. The van der Waals surface area contributed by atoms with Crippen molar-refractivity contribution in [2.24, 2.45) is 11.8 Å². The molecule has 0 radical (unpaired) electrons. The summed E-state index contributed by atoms with van der Waals surface area (Å²) in [6, 6.07) is 11.9. The molecule has 0 unspecified atom stereocenters. The molecule has 2 aromatic carbocycles. The fourth-order valence-electron chi connectivity index (χ4n) is 2.83. The van der Waals surface area contributed by atoms with Crippen molar-refractivity contribution in [2.75, 3.05) is 10.6 Å². The molecular formula is C20H16F4N2O2S2. The molecule has 1 aliphatic carbocycles. The van der Waals surface area contributed by atoms with Gasteiger partial charge in [0, 0.05) is 21.2 Å². The fraction of sp³-hybridized carbons (Fsp3) is 0.200. The summed E-state index contributed by atoms with van der Waals surface area (Å²) in [6.07, 6.45) is 0. The van der Waals surface area contributed by atoms with Gasteiger partial charge in [-0.1, -0.05) is 35.7 Å². The van der Waals surface area contributed by atoms with Crippen molar-refractivity contribution in [3.8, 4) is 0 Å². The van der Waals surface area contributed by atoms with E-state index in [1.807, 2.05) is 0 Å². The van der Waals surface area contributed by atoms with Gasteiger partial charge in [0.25, 0.3) is 11.5 Å². The third kappa shape index (κ3) is 5.79. The number of halogens is 4. The van der Waals surface area contributed by atoms with Crippen LogP contribution in [0.1, 0.15) is 0 Å². The van der Waals surface area contributed by atoms with Crippen LogP contribution in [-0.2, 0) is 9.59 Å². The van der Waals surface area contributed by atoms with Crippen LogP contribution in [0, 0.1) is 11.8 Å². The first-order chi connectivity index (χ1) is 14.2. The van der Waals surface area contributed by atoms with Gasteiger partial charge in [0.1, 0.15) is 0 Å². The maximum atomic E-state index is 12.4. The van der Waals surface area contributed by atoms with E-state index in [4.69, 9.17) is 0 Å². The molecule has 0 saturated heterocycles. The lowest BCUT2D eigenvalue weighted by atomic mass is 10.2. The Morgan fingerprint density at radius 2 is 1.07 bits per heavy atom. The summed E-state index contributed by atoms with van der Waals surface area (Å²) in [6.45, 7) is 3.75. The van der Waals surface area contributed by atoms with Crippen molar-refractivity contribution in [3.05, 3.63) is 60.7 Å². The first-order valence-electron chi connectivity index (χ1n) is 8.65. The summed E-state index contributed by atoms with van der Waals surface area (Å²) in [4.78, 5) is 25.6. The van der Waals surface area contributed by atoms with E-state index in [0.717, 1.165) is 0 Å². The van der Waals surface area contributed by atoms with E-state index >= 15 is 0 Å². The van der Waals surface area contributed by atoms with Gasteiger partial charge in [-0.25, -0.2) is 0 Å². The quantitative estimate of drug-likeness (QED) is 0.304. The van der Waals surface area contributed by atoms with Crippen LogP contribution in [0.5, 0.6) is 0 Å². The van der Waals surface area contributed by atoms with E-state index in [9.17, 15) is 27.2 Å². The number of carbonyl (C=O) groups is 2. The van der Waals surface area contributed by atoms with Crippen LogP contribution < -0.4 is 10.6 Å². The standard InChI is InChI=1S/C20H16F4N2O2S2/c1-10-15(17(27)25-11-2-6-13(7-3-11)29-19(21)22)16(10)18(28)26-12-4-8-14(9-5-12)30-20(23)24/h2-9,15-16,19-20H,1H2,(H,25,27)(H,26,28)/t15-,16+. The lowest BCUT2D eigenvalue weighted by molar-refractivity contribution is -0.122. The summed E-state index contributed by atoms with van der Waals surface area (Å²) in [5, 5.41) is 5.28. The SMILES string of the molecule is C=C1[C@H](C(=O)Nc2ccc(SC(F)F)cc2)[C@@H]1C(=O)Nc1ccc(SC(F)F)cc1. The van der Waals surface area contributed by atoms with Crippen LogP contribution >= 0.6 is 23.5 Å². The topological polar surface area (TPSA) is 58.2 Å². The minimum atomic E-state index is -2.53. The Bertz CT molecular complexity index is 861. The normalized spacial score (nSPS) is 17.9. The third-order valence-electron chi connectivity index (χ3n) is 4.28. The Morgan fingerprint density at radius 3 is 1.37 bits per heavy atom. The summed E-state index contributed by atoms with van der Waals surface area (Å²) in [5.41, 5.74) is 1.30. The number of carbonyl (C=O) groups excluding carboxylic acids is 2. The van der Waals surface area contributed by atoms with Crippen molar-refractivity contribution in [2.45, 2.75) is 21.3 Å². The molecule has 0 heterocycles. The minimum Gasteiger partial charge on any atom is -0.326 e. The van der Waals surface area contributed by atoms with Gasteiger partial charge in [-0.15, -0.1) is 0 Å². The molecule has 2 atom stereocenters. The van der Waals surface area contributed by atoms with Crippen LogP contribution in [0.25, 0.3) is 0 Å². The molecule has 2 N–H and O–H groups in total. The van der Waals surface area contributed by atoms with Crippen LogP contribution in [0.15, 0.2) is 70.5 Å². The molecule has 0 aliphatic heterocycles. The van der Waals surface area contributed by atoms with Gasteiger partial charge in [-0.3, -0.25) is 9.59 Å². The number of hydrogen-bond acceptors (Lipinski definition) is 4. The number of thioether (sulfide) groups is 2. The molecule has 2 amide bonds. The zero-order valence-corrected chi connectivity index (χ0v) is 16.9. The third-order valence-corrected chi connectivity index (χ3v) is 5.73. The number of nitrogens with one attached hydrogen (secondary N) is 2. The Morgan fingerprint density at radius 1 is 0.733 bits per heavy atom. The molecule has 30 heavy (non-hydrogen) atoms. The summed E-state index contributed by atoms with van der Waals surface area (Å²) >= 11 is 0.805. The van der Waals surface area contributed by atoms with Crippen molar-refractivity contribution < 1.29 is 27.2 Å².